The van der Waals surface area contributed by atoms with Gasteiger partial charge in [0.1, 0.15) is 11.5 Å². The molecule has 20 heavy (non-hydrogen) atoms. The third kappa shape index (κ3) is 4.20. The van der Waals surface area contributed by atoms with Gasteiger partial charge in [-0.25, -0.2) is 4.98 Å². The smallest absolute Gasteiger partial charge is 0.311 e. The molecule has 2 aromatic rings. The van der Waals surface area contributed by atoms with Crippen LogP contribution in [0.25, 0.3) is 0 Å². The zero-order valence-corrected chi connectivity index (χ0v) is 12.1. The van der Waals surface area contributed by atoms with E-state index in [1.807, 2.05) is 19.1 Å². The second-order valence-electron chi connectivity index (χ2n) is 3.94. The van der Waals surface area contributed by atoms with Crippen molar-refractivity contribution in [2.24, 2.45) is 5.10 Å². The molecular weight excluding hydrogens is 278 g/mol. The van der Waals surface area contributed by atoms with Crippen LogP contribution in [0.5, 0.6) is 0 Å². The highest BCUT2D eigenvalue weighted by Crippen LogP contribution is 2.16. The normalized spacial score (nSPS) is 10.9. The number of carbonyl (C=O) groups is 1. The zero-order valence-electron chi connectivity index (χ0n) is 11.3. The van der Waals surface area contributed by atoms with Crippen molar-refractivity contribution in [3.05, 3.63) is 34.7 Å². The van der Waals surface area contributed by atoms with Gasteiger partial charge in [-0.15, -0.1) is 11.3 Å². The summed E-state index contributed by atoms with van der Waals surface area (Å²) in [6.45, 7) is 4.02. The minimum absolute atomic E-state index is 0.174. The molecule has 0 bridgehead atoms. The van der Waals surface area contributed by atoms with E-state index in [2.05, 4.69) is 15.5 Å². The van der Waals surface area contributed by atoms with Crippen LogP contribution in [-0.2, 0) is 16.0 Å². The number of hydrazone groups is 1. The van der Waals surface area contributed by atoms with Crippen molar-refractivity contribution in [1.29, 1.82) is 0 Å². The molecule has 0 atom stereocenters. The molecule has 0 amide bonds. The predicted molar refractivity (Wildman–Crippen MR) is 77.1 cm³/mol. The first-order valence-corrected chi connectivity index (χ1v) is 7.01. The van der Waals surface area contributed by atoms with Gasteiger partial charge in [0.2, 0.25) is 5.13 Å². The number of rotatable bonds is 6. The highest BCUT2D eigenvalue weighted by molar-refractivity contribution is 7.13. The maximum atomic E-state index is 11.3. The van der Waals surface area contributed by atoms with Crippen molar-refractivity contribution in [2.75, 3.05) is 12.0 Å². The van der Waals surface area contributed by atoms with E-state index in [0.29, 0.717) is 23.2 Å². The molecule has 1 N–H and O–H groups in total. The van der Waals surface area contributed by atoms with E-state index in [9.17, 15) is 4.79 Å². The Morgan fingerprint density at radius 2 is 2.45 bits per heavy atom. The van der Waals surface area contributed by atoms with Crippen LogP contribution in [0, 0.1) is 6.92 Å². The molecule has 2 aromatic heterocycles. The minimum Gasteiger partial charge on any atom is -0.466 e. The van der Waals surface area contributed by atoms with Crippen molar-refractivity contribution < 1.29 is 13.9 Å². The van der Waals surface area contributed by atoms with Gasteiger partial charge in [0.05, 0.1) is 24.9 Å². The van der Waals surface area contributed by atoms with Crippen LogP contribution in [0.4, 0.5) is 5.13 Å². The Morgan fingerprint density at radius 3 is 3.15 bits per heavy atom. The number of aryl methyl sites for hydroxylation is 1. The lowest BCUT2D eigenvalue weighted by Crippen LogP contribution is -2.07. The molecule has 0 radical (unpaired) electrons. The van der Waals surface area contributed by atoms with Gasteiger partial charge in [-0.1, -0.05) is 0 Å². The van der Waals surface area contributed by atoms with Crippen LogP contribution in [-0.4, -0.2) is 23.8 Å². The van der Waals surface area contributed by atoms with E-state index in [1.54, 1.807) is 18.5 Å². The maximum Gasteiger partial charge on any atom is 0.311 e. The first-order valence-electron chi connectivity index (χ1n) is 6.13. The molecule has 2 heterocycles. The SMILES string of the molecule is CCOC(=O)Cc1csc(N/N=C\c2ccc(C)o2)n1. The summed E-state index contributed by atoms with van der Waals surface area (Å²) in [4.78, 5) is 15.5. The largest absolute Gasteiger partial charge is 0.466 e. The molecule has 0 aromatic carbocycles. The van der Waals surface area contributed by atoms with E-state index in [1.165, 1.54) is 11.3 Å². The summed E-state index contributed by atoms with van der Waals surface area (Å²) >= 11 is 1.38. The van der Waals surface area contributed by atoms with Crippen molar-refractivity contribution >= 4 is 28.7 Å². The molecule has 0 fully saturated rings. The maximum absolute atomic E-state index is 11.3. The number of aromatic nitrogens is 1. The highest BCUT2D eigenvalue weighted by Gasteiger charge is 2.07. The van der Waals surface area contributed by atoms with Gasteiger partial charge < -0.3 is 9.15 Å². The molecule has 0 aliphatic rings. The van der Waals surface area contributed by atoms with Crippen LogP contribution in [0.3, 0.4) is 0 Å². The second-order valence-corrected chi connectivity index (χ2v) is 4.80. The average molecular weight is 293 g/mol. The first kappa shape index (κ1) is 14.3. The number of thiazole rings is 1. The van der Waals surface area contributed by atoms with Crippen LogP contribution >= 0.6 is 11.3 Å². The molecule has 0 saturated carbocycles. The van der Waals surface area contributed by atoms with Crippen molar-refractivity contribution in [3.63, 3.8) is 0 Å². The lowest BCUT2D eigenvalue weighted by molar-refractivity contribution is -0.142. The van der Waals surface area contributed by atoms with Gasteiger partial charge >= 0.3 is 5.97 Å². The molecule has 6 nitrogen and oxygen atoms in total. The van der Waals surface area contributed by atoms with E-state index in [0.717, 1.165) is 5.76 Å². The number of nitrogens with zero attached hydrogens (tertiary/aromatic N) is 2. The number of hydrogen-bond acceptors (Lipinski definition) is 7. The molecular formula is C13H15N3O3S. The summed E-state index contributed by atoms with van der Waals surface area (Å²) in [5.74, 6) is 1.22. The summed E-state index contributed by atoms with van der Waals surface area (Å²) in [5, 5.41) is 6.43. The number of esters is 1. The fourth-order valence-electron chi connectivity index (χ4n) is 1.47. The van der Waals surface area contributed by atoms with E-state index in [4.69, 9.17) is 9.15 Å². The molecule has 0 saturated heterocycles. The fraction of sp³-hybridized carbons (Fsp3) is 0.308. The van der Waals surface area contributed by atoms with Gasteiger partial charge in [-0.2, -0.15) is 5.10 Å². The summed E-state index contributed by atoms with van der Waals surface area (Å²) in [5.41, 5.74) is 3.46. The first-order chi connectivity index (χ1) is 9.67. The molecule has 0 aliphatic heterocycles. The molecule has 2 rings (SSSR count). The third-order valence-corrected chi connectivity index (χ3v) is 3.09. The Morgan fingerprint density at radius 1 is 1.60 bits per heavy atom. The topological polar surface area (TPSA) is 76.7 Å². The number of hydrogen-bond donors (Lipinski definition) is 1. The Labute approximate surface area is 120 Å². The summed E-state index contributed by atoms with van der Waals surface area (Å²) in [6, 6.07) is 3.69. The Bertz CT molecular complexity index is 604. The van der Waals surface area contributed by atoms with Gasteiger partial charge in [0.15, 0.2) is 0 Å². The van der Waals surface area contributed by atoms with Crippen LogP contribution in [0.1, 0.15) is 24.1 Å². The van der Waals surface area contributed by atoms with Crippen molar-refractivity contribution in [3.8, 4) is 0 Å². The van der Waals surface area contributed by atoms with E-state index in [-0.39, 0.29) is 12.4 Å². The monoisotopic (exact) mass is 293 g/mol. The summed E-state index contributed by atoms with van der Waals surface area (Å²) in [7, 11) is 0. The minimum atomic E-state index is -0.279. The Kier molecular flexibility index (Phi) is 4.89. The lowest BCUT2D eigenvalue weighted by Gasteiger charge is -1.97. The van der Waals surface area contributed by atoms with Crippen molar-refractivity contribution in [2.45, 2.75) is 20.3 Å². The predicted octanol–water partition coefficient (Wildman–Crippen LogP) is 2.60. The van der Waals surface area contributed by atoms with Gasteiger partial charge in [0, 0.05) is 5.38 Å². The fourth-order valence-corrected chi connectivity index (χ4v) is 2.13. The summed E-state index contributed by atoms with van der Waals surface area (Å²) < 4.78 is 10.2. The number of anilines is 1. The highest BCUT2D eigenvalue weighted by atomic mass is 32.1. The molecule has 7 heteroatoms. The lowest BCUT2D eigenvalue weighted by atomic mass is 10.3. The van der Waals surface area contributed by atoms with Gasteiger partial charge in [-0.3, -0.25) is 10.2 Å². The Balaban J connectivity index is 1.86. The zero-order chi connectivity index (χ0) is 14.4. The standard InChI is InChI=1S/C13H15N3O3S/c1-3-18-12(17)6-10-8-20-13(15-10)16-14-7-11-5-4-9(2)19-11/h4-5,7-8H,3,6H2,1-2H3,(H,15,16)/b14-7-. The summed E-state index contributed by atoms with van der Waals surface area (Å²) in [6.07, 6.45) is 1.74. The number of nitrogens with one attached hydrogen (secondary N) is 1. The third-order valence-electron chi connectivity index (χ3n) is 2.30. The quantitative estimate of drug-likeness (QED) is 0.503. The van der Waals surface area contributed by atoms with E-state index < -0.39 is 0 Å². The van der Waals surface area contributed by atoms with Crippen molar-refractivity contribution in [1.82, 2.24) is 4.98 Å². The number of ether oxygens (including phenoxy) is 1. The van der Waals surface area contributed by atoms with Crippen LogP contribution < -0.4 is 5.43 Å². The van der Waals surface area contributed by atoms with Gasteiger partial charge in [0.25, 0.3) is 0 Å². The Hall–Kier alpha value is -2.15. The second kappa shape index (κ2) is 6.85. The number of carbonyl (C=O) groups excluding carboxylic acids is 1. The van der Waals surface area contributed by atoms with Crippen LogP contribution in [0.15, 0.2) is 27.0 Å². The molecule has 0 aliphatic carbocycles. The van der Waals surface area contributed by atoms with E-state index >= 15 is 0 Å². The molecule has 0 spiro atoms. The average Bonchev–Trinajstić information content (AvgIpc) is 3.00. The molecule has 106 valence electrons. The number of furan rings is 1. The van der Waals surface area contributed by atoms with Gasteiger partial charge in [-0.05, 0) is 26.0 Å². The van der Waals surface area contributed by atoms with Crippen LogP contribution in [0.2, 0.25) is 0 Å². The molecule has 0 unspecified atom stereocenters.